The lowest BCUT2D eigenvalue weighted by atomic mass is 10.2. The van der Waals surface area contributed by atoms with E-state index in [0.717, 1.165) is 30.5 Å². The third kappa shape index (κ3) is 3.16. The zero-order chi connectivity index (χ0) is 13.7. The molecule has 0 aliphatic heterocycles. The summed E-state index contributed by atoms with van der Waals surface area (Å²) >= 11 is 0. The van der Waals surface area contributed by atoms with Gasteiger partial charge in [0.05, 0.1) is 11.0 Å². The first-order valence-corrected chi connectivity index (χ1v) is 7.48. The van der Waals surface area contributed by atoms with E-state index in [2.05, 4.69) is 36.6 Å². The second-order valence-corrected chi connectivity index (χ2v) is 5.16. The molecule has 0 saturated heterocycles. The molecule has 1 aromatic heterocycles. The van der Waals surface area contributed by atoms with Crippen molar-refractivity contribution < 1.29 is 0 Å². The van der Waals surface area contributed by atoms with Gasteiger partial charge in [-0.3, -0.25) is 0 Å². The minimum atomic E-state index is 0.585. The maximum absolute atomic E-state index is 5.71. The van der Waals surface area contributed by atoms with Crippen LogP contribution in [0.1, 0.15) is 50.9 Å². The summed E-state index contributed by atoms with van der Waals surface area (Å²) < 4.78 is 2.38. The first kappa shape index (κ1) is 14.1. The Kier molecular flexibility index (Phi) is 4.97. The van der Waals surface area contributed by atoms with Crippen molar-refractivity contribution in [3.8, 4) is 0 Å². The zero-order valence-electron chi connectivity index (χ0n) is 12.2. The predicted octanol–water partition coefficient (Wildman–Crippen LogP) is 3.64. The molecule has 0 aliphatic rings. The van der Waals surface area contributed by atoms with Crippen LogP contribution in [-0.2, 0) is 19.5 Å². The van der Waals surface area contributed by atoms with E-state index in [1.165, 1.54) is 30.6 Å². The summed E-state index contributed by atoms with van der Waals surface area (Å²) in [5, 5.41) is 0. The van der Waals surface area contributed by atoms with Crippen LogP contribution in [0.2, 0.25) is 0 Å². The molecule has 2 rings (SSSR count). The molecule has 0 saturated carbocycles. The maximum Gasteiger partial charge on any atom is 0.109 e. The Balaban J connectivity index is 2.34. The molecule has 1 aromatic carbocycles. The van der Waals surface area contributed by atoms with Gasteiger partial charge in [0.25, 0.3) is 0 Å². The van der Waals surface area contributed by atoms with Crippen molar-refractivity contribution in [3.05, 3.63) is 29.6 Å². The molecule has 0 unspecified atom stereocenters. The first-order chi connectivity index (χ1) is 9.30. The standard InChI is InChI=1S/C16H25N3/c1-3-5-6-7-16-18-14-11-13(12-17)8-9-15(14)19(16)10-4-2/h8-9,11H,3-7,10,12,17H2,1-2H3. The van der Waals surface area contributed by atoms with Gasteiger partial charge in [-0.1, -0.05) is 32.8 Å². The number of hydrogen-bond donors (Lipinski definition) is 1. The van der Waals surface area contributed by atoms with Crippen molar-refractivity contribution in [3.63, 3.8) is 0 Å². The number of aryl methyl sites for hydroxylation is 2. The second-order valence-electron chi connectivity index (χ2n) is 5.16. The van der Waals surface area contributed by atoms with Crippen molar-refractivity contribution in [2.75, 3.05) is 0 Å². The smallest absolute Gasteiger partial charge is 0.109 e. The third-order valence-electron chi connectivity index (χ3n) is 3.58. The molecule has 2 N–H and O–H groups in total. The number of rotatable bonds is 7. The summed E-state index contributed by atoms with van der Waals surface area (Å²) in [6, 6.07) is 6.42. The number of nitrogens with two attached hydrogens (primary N) is 1. The Morgan fingerprint density at radius 2 is 2.00 bits per heavy atom. The minimum absolute atomic E-state index is 0.585. The van der Waals surface area contributed by atoms with Crippen molar-refractivity contribution in [2.24, 2.45) is 5.73 Å². The Hall–Kier alpha value is -1.35. The van der Waals surface area contributed by atoms with Crippen LogP contribution in [0, 0.1) is 0 Å². The predicted molar refractivity (Wildman–Crippen MR) is 81.1 cm³/mol. The van der Waals surface area contributed by atoms with Crippen LogP contribution in [0.4, 0.5) is 0 Å². The number of nitrogens with zero attached hydrogens (tertiary/aromatic N) is 2. The van der Waals surface area contributed by atoms with Crippen molar-refractivity contribution in [1.29, 1.82) is 0 Å². The SMILES string of the molecule is CCCCCc1nc2cc(CN)ccc2n1CCC. The molecule has 0 spiro atoms. The molecule has 0 bridgehead atoms. The highest BCUT2D eigenvalue weighted by molar-refractivity contribution is 5.77. The fourth-order valence-electron chi connectivity index (χ4n) is 2.55. The molecule has 0 radical (unpaired) electrons. The molecule has 2 aromatic rings. The number of unbranched alkanes of at least 4 members (excludes halogenated alkanes) is 2. The highest BCUT2D eigenvalue weighted by Gasteiger charge is 2.10. The molecule has 1 heterocycles. The van der Waals surface area contributed by atoms with E-state index >= 15 is 0 Å². The highest BCUT2D eigenvalue weighted by Crippen LogP contribution is 2.20. The van der Waals surface area contributed by atoms with Crippen LogP contribution in [-0.4, -0.2) is 9.55 Å². The molecule has 0 fully saturated rings. The van der Waals surface area contributed by atoms with Crippen LogP contribution in [0.15, 0.2) is 18.2 Å². The minimum Gasteiger partial charge on any atom is -0.328 e. The van der Waals surface area contributed by atoms with Gasteiger partial charge in [0.2, 0.25) is 0 Å². The van der Waals surface area contributed by atoms with Crippen LogP contribution >= 0.6 is 0 Å². The monoisotopic (exact) mass is 259 g/mol. The summed E-state index contributed by atoms with van der Waals surface area (Å²) in [6.45, 7) is 6.10. The summed E-state index contributed by atoms with van der Waals surface area (Å²) in [5.74, 6) is 1.24. The highest BCUT2D eigenvalue weighted by atomic mass is 15.1. The molecule has 104 valence electrons. The molecule has 0 aliphatic carbocycles. The van der Waals surface area contributed by atoms with Crippen molar-refractivity contribution >= 4 is 11.0 Å². The van der Waals surface area contributed by atoms with Gasteiger partial charge in [-0.05, 0) is 30.5 Å². The average molecular weight is 259 g/mol. The zero-order valence-corrected chi connectivity index (χ0v) is 12.2. The Morgan fingerprint density at radius 1 is 1.16 bits per heavy atom. The molecule has 3 heteroatoms. The van der Waals surface area contributed by atoms with E-state index < -0.39 is 0 Å². The molecule has 0 amide bonds. The molecule has 0 atom stereocenters. The Labute approximate surface area is 115 Å². The van der Waals surface area contributed by atoms with E-state index in [9.17, 15) is 0 Å². The quantitative estimate of drug-likeness (QED) is 0.771. The lowest BCUT2D eigenvalue weighted by Gasteiger charge is -2.07. The van der Waals surface area contributed by atoms with Gasteiger partial charge >= 0.3 is 0 Å². The van der Waals surface area contributed by atoms with Gasteiger partial charge in [0, 0.05) is 19.5 Å². The summed E-state index contributed by atoms with van der Waals surface area (Å²) in [6.07, 6.45) is 5.99. The van der Waals surface area contributed by atoms with E-state index in [1.807, 2.05) is 0 Å². The van der Waals surface area contributed by atoms with Gasteiger partial charge in [0.15, 0.2) is 0 Å². The lowest BCUT2D eigenvalue weighted by Crippen LogP contribution is -2.03. The second kappa shape index (κ2) is 6.71. The third-order valence-corrected chi connectivity index (χ3v) is 3.58. The number of hydrogen-bond acceptors (Lipinski definition) is 2. The largest absolute Gasteiger partial charge is 0.328 e. The van der Waals surface area contributed by atoms with Gasteiger partial charge < -0.3 is 10.3 Å². The van der Waals surface area contributed by atoms with E-state index in [0.29, 0.717) is 6.54 Å². The van der Waals surface area contributed by atoms with Gasteiger partial charge in [-0.25, -0.2) is 4.98 Å². The molecular weight excluding hydrogens is 234 g/mol. The maximum atomic E-state index is 5.71. The van der Waals surface area contributed by atoms with Crippen molar-refractivity contribution in [1.82, 2.24) is 9.55 Å². The Morgan fingerprint density at radius 3 is 2.68 bits per heavy atom. The normalized spacial score (nSPS) is 11.3. The molecular formula is C16H25N3. The van der Waals surface area contributed by atoms with Gasteiger partial charge in [-0.15, -0.1) is 0 Å². The van der Waals surface area contributed by atoms with Gasteiger partial charge in [0.1, 0.15) is 5.82 Å². The number of imidazole rings is 1. The number of aromatic nitrogens is 2. The van der Waals surface area contributed by atoms with E-state index in [4.69, 9.17) is 10.7 Å². The summed E-state index contributed by atoms with van der Waals surface area (Å²) in [5.41, 5.74) is 9.22. The van der Waals surface area contributed by atoms with Crippen molar-refractivity contribution in [2.45, 2.75) is 59.0 Å². The van der Waals surface area contributed by atoms with Crippen LogP contribution < -0.4 is 5.73 Å². The van der Waals surface area contributed by atoms with Crippen LogP contribution in [0.25, 0.3) is 11.0 Å². The summed E-state index contributed by atoms with van der Waals surface area (Å²) in [7, 11) is 0. The van der Waals surface area contributed by atoms with E-state index in [1.54, 1.807) is 0 Å². The fraction of sp³-hybridized carbons (Fsp3) is 0.562. The van der Waals surface area contributed by atoms with Gasteiger partial charge in [-0.2, -0.15) is 0 Å². The van der Waals surface area contributed by atoms with Crippen LogP contribution in [0.3, 0.4) is 0 Å². The summed E-state index contributed by atoms with van der Waals surface area (Å²) in [4.78, 5) is 4.82. The van der Waals surface area contributed by atoms with Crippen LogP contribution in [0.5, 0.6) is 0 Å². The number of fused-ring (bicyclic) bond motifs is 1. The fourth-order valence-corrected chi connectivity index (χ4v) is 2.55. The number of benzene rings is 1. The molecule has 19 heavy (non-hydrogen) atoms. The topological polar surface area (TPSA) is 43.8 Å². The average Bonchev–Trinajstić information content (AvgIpc) is 2.77. The Bertz CT molecular complexity index is 528. The van der Waals surface area contributed by atoms with E-state index in [-0.39, 0.29) is 0 Å². The molecule has 3 nitrogen and oxygen atoms in total. The first-order valence-electron chi connectivity index (χ1n) is 7.48. The lowest BCUT2D eigenvalue weighted by molar-refractivity contribution is 0.621.